The minimum absolute atomic E-state index is 0.0813. The molecule has 6 nitrogen and oxygen atoms in total. The van der Waals surface area contributed by atoms with Crippen LogP contribution in [0, 0.1) is 6.92 Å². The molecular formula is C19H23N3O3. The first kappa shape index (κ1) is 17.1. The predicted octanol–water partition coefficient (Wildman–Crippen LogP) is 2.37. The molecule has 1 aliphatic rings. The van der Waals surface area contributed by atoms with E-state index in [9.17, 15) is 4.79 Å². The van der Waals surface area contributed by atoms with Crippen molar-refractivity contribution in [2.24, 2.45) is 0 Å². The maximum Gasteiger partial charge on any atom is 0.276 e. The molecule has 0 spiro atoms. The standard InChI is InChI=1S/C19H23N3O3/c1-14-11-17(25-3)18(20-13-14)19(23)22-9-7-21(8-10-22)15-5-4-6-16(12-15)24-2/h4-6,11-13H,7-10H2,1-3H3. The van der Waals surface area contributed by atoms with Crippen molar-refractivity contribution in [1.29, 1.82) is 0 Å². The lowest BCUT2D eigenvalue weighted by molar-refractivity contribution is 0.0737. The molecule has 0 radical (unpaired) electrons. The molecule has 0 aliphatic carbocycles. The van der Waals surface area contributed by atoms with Gasteiger partial charge in [0.05, 0.1) is 14.2 Å². The Morgan fingerprint density at radius 2 is 1.84 bits per heavy atom. The number of nitrogens with zero attached hydrogens (tertiary/aromatic N) is 3. The fraction of sp³-hybridized carbons (Fsp3) is 0.368. The molecule has 25 heavy (non-hydrogen) atoms. The first-order valence-electron chi connectivity index (χ1n) is 8.31. The number of carbonyl (C=O) groups is 1. The molecule has 3 rings (SSSR count). The molecule has 0 atom stereocenters. The van der Waals surface area contributed by atoms with Gasteiger partial charge in [-0.1, -0.05) is 6.07 Å². The Labute approximate surface area is 148 Å². The Bertz CT molecular complexity index is 755. The van der Waals surface area contributed by atoms with Crippen LogP contribution in [-0.2, 0) is 0 Å². The van der Waals surface area contributed by atoms with Gasteiger partial charge >= 0.3 is 0 Å². The van der Waals surface area contributed by atoms with Crippen LogP contribution in [0.1, 0.15) is 16.1 Å². The normalized spacial score (nSPS) is 14.4. The molecule has 1 aliphatic heterocycles. The van der Waals surface area contributed by atoms with Crippen LogP contribution in [0.15, 0.2) is 36.5 Å². The summed E-state index contributed by atoms with van der Waals surface area (Å²) in [5, 5.41) is 0. The Kier molecular flexibility index (Phi) is 5.07. The molecule has 132 valence electrons. The van der Waals surface area contributed by atoms with Crippen LogP contribution in [-0.4, -0.2) is 56.2 Å². The first-order valence-corrected chi connectivity index (χ1v) is 8.31. The van der Waals surface area contributed by atoms with Crippen LogP contribution in [0.5, 0.6) is 11.5 Å². The number of aromatic nitrogens is 1. The van der Waals surface area contributed by atoms with E-state index in [-0.39, 0.29) is 5.91 Å². The Morgan fingerprint density at radius 3 is 2.52 bits per heavy atom. The van der Waals surface area contributed by atoms with Gasteiger partial charge in [0.1, 0.15) is 11.5 Å². The van der Waals surface area contributed by atoms with Crippen LogP contribution in [0.25, 0.3) is 0 Å². The summed E-state index contributed by atoms with van der Waals surface area (Å²) in [5.74, 6) is 1.28. The van der Waals surface area contributed by atoms with Crippen molar-refractivity contribution in [3.8, 4) is 11.5 Å². The minimum atomic E-state index is -0.0813. The van der Waals surface area contributed by atoms with E-state index in [2.05, 4.69) is 16.0 Å². The zero-order chi connectivity index (χ0) is 17.8. The Morgan fingerprint density at radius 1 is 1.08 bits per heavy atom. The van der Waals surface area contributed by atoms with Crippen molar-refractivity contribution in [2.75, 3.05) is 45.3 Å². The molecule has 1 saturated heterocycles. The van der Waals surface area contributed by atoms with Gasteiger partial charge < -0.3 is 19.3 Å². The first-order chi connectivity index (χ1) is 12.1. The number of hydrogen-bond acceptors (Lipinski definition) is 5. The summed E-state index contributed by atoms with van der Waals surface area (Å²) < 4.78 is 10.6. The van der Waals surface area contributed by atoms with E-state index >= 15 is 0 Å². The summed E-state index contributed by atoms with van der Waals surface area (Å²) in [4.78, 5) is 21.1. The summed E-state index contributed by atoms with van der Waals surface area (Å²) in [5.41, 5.74) is 2.46. The highest BCUT2D eigenvalue weighted by Crippen LogP contribution is 2.24. The van der Waals surface area contributed by atoms with E-state index in [1.165, 1.54) is 0 Å². The monoisotopic (exact) mass is 341 g/mol. The SMILES string of the molecule is COc1cccc(N2CCN(C(=O)c3ncc(C)cc3OC)CC2)c1. The number of piperazine rings is 1. The molecular weight excluding hydrogens is 318 g/mol. The van der Waals surface area contributed by atoms with Gasteiger partial charge in [-0.15, -0.1) is 0 Å². The minimum Gasteiger partial charge on any atom is -0.497 e. The van der Waals surface area contributed by atoms with E-state index in [1.807, 2.05) is 36.1 Å². The van der Waals surface area contributed by atoms with Crippen molar-refractivity contribution >= 4 is 11.6 Å². The summed E-state index contributed by atoms with van der Waals surface area (Å²) in [6.07, 6.45) is 1.70. The van der Waals surface area contributed by atoms with Gasteiger partial charge in [-0.25, -0.2) is 4.98 Å². The Balaban J connectivity index is 1.68. The smallest absolute Gasteiger partial charge is 0.276 e. The second-order valence-electron chi connectivity index (χ2n) is 6.04. The summed E-state index contributed by atoms with van der Waals surface area (Å²) in [6, 6.07) is 9.82. The fourth-order valence-electron chi connectivity index (χ4n) is 2.98. The second-order valence-corrected chi connectivity index (χ2v) is 6.04. The van der Waals surface area contributed by atoms with Crippen molar-refractivity contribution < 1.29 is 14.3 Å². The van der Waals surface area contributed by atoms with Crippen LogP contribution < -0.4 is 14.4 Å². The number of carbonyl (C=O) groups excluding carboxylic acids is 1. The van der Waals surface area contributed by atoms with E-state index < -0.39 is 0 Å². The molecule has 1 aromatic heterocycles. The topological polar surface area (TPSA) is 54.9 Å². The summed E-state index contributed by atoms with van der Waals surface area (Å²) in [6.45, 7) is 4.76. The van der Waals surface area contributed by atoms with Crippen molar-refractivity contribution in [2.45, 2.75) is 6.92 Å². The zero-order valence-electron chi connectivity index (χ0n) is 14.9. The third-order valence-electron chi connectivity index (χ3n) is 4.40. The third-order valence-corrected chi connectivity index (χ3v) is 4.40. The van der Waals surface area contributed by atoms with Crippen molar-refractivity contribution in [3.05, 3.63) is 47.8 Å². The molecule has 1 aromatic carbocycles. The quantitative estimate of drug-likeness (QED) is 0.855. The highest BCUT2D eigenvalue weighted by molar-refractivity contribution is 5.95. The van der Waals surface area contributed by atoms with E-state index in [1.54, 1.807) is 20.4 Å². The average molecular weight is 341 g/mol. The molecule has 0 bridgehead atoms. The van der Waals surface area contributed by atoms with Crippen LogP contribution in [0.3, 0.4) is 0 Å². The van der Waals surface area contributed by atoms with Gasteiger partial charge in [0.25, 0.3) is 5.91 Å². The zero-order valence-corrected chi connectivity index (χ0v) is 14.9. The lowest BCUT2D eigenvalue weighted by atomic mass is 10.2. The van der Waals surface area contributed by atoms with Crippen LogP contribution in [0.2, 0.25) is 0 Å². The highest BCUT2D eigenvalue weighted by Gasteiger charge is 2.25. The van der Waals surface area contributed by atoms with Gasteiger partial charge in [0.15, 0.2) is 5.69 Å². The lowest BCUT2D eigenvalue weighted by Gasteiger charge is -2.36. The second kappa shape index (κ2) is 7.42. The lowest BCUT2D eigenvalue weighted by Crippen LogP contribution is -2.49. The van der Waals surface area contributed by atoms with E-state index in [4.69, 9.17) is 9.47 Å². The number of rotatable bonds is 4. The maximum atomic E-state index is 12.8. The molecule has 6 heteroatoms. The molecule has 0 unspecified atom stereocenters. The van der Waals surface area contributed by atoms with Crippen molar-refractivity contribution in [1.82, 2.24) is 9.88 Å². The maximum absolute atomic E-state index is 12.8. The van der Waals surface area contributed by atoms with E-state index in [0.29, 0.717) is 24.5 Å². The molecule has 0 N–H and O–H groups in total. The van der Waals surface area contributed by atoms with Gasteiger partial charge in [-0.3, -0.25) is 4.79 Å². The number of anilines is 1. The van der Waals surface area contributed by atoms with Crippen molar-refractivity contribution in [3.63, 3.8) is 0 Å². The predicted molar refractivity (Wildman–Crippen MR) is 96.6 cm³/mol. The van der Waals surface area contributed by atoms with Gasteiger partial charge in [-0.2, -0.15) is 0 Å². The number of ether oxygens (including phenoxy) is 2. The van der Waals surface area contributed by atoms with Gasteiger partial charge in [0.2, 0.25) is 0 Å². The number of hydrogen-bond donors (Lipinski definition) is 0. The number of pyridine rings is 1. The fourth-order valence-corrected chi connectivity index (χ4v) is 2.98. The number of amides is 1. The average Bonchev–Trinajstić information content (AvgIpc) is 2.67. The third kappa shape index (κ3) is 3.68. The molecule has 1 amide bonds. The van der Waals surface area contributed by atoms with Gasteiger partial charge in [0, 0.05) is 44.1 Å². The van der Waals surface area contributed by atoms with E-state index in [0.717, 1.165) is 30.1 Å². The van der Waals surface area contributed by atoms with Crippen LogP contribution >= 0.6 is 0 Å². The molecule has 2 aromatic rings. The Hall–Kier alpha value is -2.76. The summed E-state index contributed by atoms with van der Waals surface area (Å²) in [7, 11) is 3.23. The van der Waals surface area contributed by atoms with Crippen LogP contribution in [0.4, 0.5) is 5.69 Å². The molecule has 0 saturated carbocycles. The highest BCUT2D eigenvalue weighted by atomic mass is 16.5. The largest absolute Gasteiger partial charge is 0.497 e. The summed E-state index contributed by atoms with van der Waals surface area (Å²) >= 11 is 0. The number of methoxy groups -OCH3 is 2. The number of benzene rings is 1. The molecule has 1 fully saturated rings. The molecule has 2 heterocycles. The van der Waals surface area contributed by atoms with Gasteiger partial charge in [-0.05, 0) is 30.7 Å². The number of aryl methyl sites for hydroxylation is 1.